The van der Waals surface area contributed by atoms with E-state index in [1.165, 1.54) is 24.3 Å². The first kappa shape index (κ1) is 13.6. The Bertz CT molecular complexity index is 654. The molecule has 0 aliphatic carbocycles. The van der Waals surface area contributed by atoms with E-state index in [0.29, 0.717) is 12.1 Å². The highest BCUT2D eigenvalue weighted by atomic mass is 19.1. The summed E-state index contributed by atoms with van der Waals surface area (Å²) in [5.74, 6) is -0.416. The van der Waals surface area contributed by atoms with Gasteiger partial charge in [-0.15, -0.1) is 0 Å². The van der Waals surface area contributed by atoms with Gasteiger partial charge in [-0.3, -0.25) is 4.79 Å². The van der Waals surface area contributed by atoms with E-state index in [-0.39, 0.29) is 11.7 Å². The maximum atomic E-state index is 13.0. The maximum Gasteiger partial charge on any atom is 0.258 e. The fourth-order valence-corrected chi connectivity index (χ4v) is 2.68. The Kier molecular flexibility index (Phi) is 3.60. The lowest BCUT2D eigenvalue weighted by atomic mass is 10.1. The molecule has 3 nitrogen and oxygen atoms in total. The number of carbonyl (C=O) groups excluding carboxylic acids is 1. The highest BCUT2D eigenvalue weighted by molar-refractivity contribution is 6.07. The van der Waals surface area contributed by atoms with Gasteiger partial charge in [0, 0.05) is 25.7 Å². The van der Waals surface area contributed by atoms with Gasteiger partial charge in [-0.25, -0.2) is 4.39 Å². The number of nitrogens with zero attached hydrogens (tertiary/aromatic N) is 2. The number of halogens is 1. The van der Waals surface area contributed by atoms with Crippen molar-refractivity contribution in [2.75, 3.05) is 29.9 Å². The van der Waals surface area contributed by atoms with Crippen LogP contribution in [0.5, 0.6) is 0 Å². The van der Waals surface area contributed by atoms with E-state index in [1.807, 2.05) is 31.3 Å². The van der Waals surface area contributed by atoms with Crippen molar-refractivity contribution in [1.82, 2.24) is 0 Å². The Morgan fingerprint density at radius 1 is 1.00 bits per heavy atom. The lowest BCUT2D eigenvalue weighted by Crippen LogP contribution is -2.31. The van der Waals surface area contributed by atoms with Gasteiger partial charge in [0.1, 0.15) is 5.82 Å². The van der Waals surface area contributed by atoms with Crippen LogP contribution < -0.4 is 9.80 Å². The lowest BCUT2D eigenvalue weighted by Gasteiger charge is -2.24. The SMILES string of the molecule is CN1CCCN(C(=O)c2ccc(F)cc2)c2ccccc21. The van der Waals surface area contributed by atoms with Crippen molar-refractivity contribution >= 4 is 17.3 Å². The van der Waals surface area contributed by atoms with E-state index in [2.05, 4.69) is 4.90 Å². The summed E-state index contributed by atoms with van der Waals surface area (Å²) in [6.45, 7) is 1.57. The number of hydrogen-bond acceptors (Lipinski definition) is 2. The number of benzene rings is 2. The molecule has 0 radical (unpaired) electrons. The molecule has 21 heavy (non-hydrogen) atoms. The second-order valence-corrected chi connectivity index (χ2v) is 5.23. The second-order valence-electron chi connectivity index (χ2n) is 5.23. The molecule has 0 unspecified atom stereocenters. The van der Waals surface area contributed by atoms with E-state index >= 15 is 0 Å². The summed E-state index contributed by atoms with van der Waals surface area (Å²) in [5, 5.41) is 0. The van der Waals surface area contributed by atoms with Crippen molar-refractivity contribution in [3.63, 3.8) is 0 Å². The summed E-state index contributed by atoms with van der Waals surface area (Å²) in [7, 11) is 2.03. The van der Waals surface area contributed by atoms with Gasteiger partial charge in [0.15, 0.2) is 0 Å². The van der Waals surface area contributed by atoms with Crippen LogP contribution in [0.25, 0.3) is 0 Å². The van der Waals surface area contributed by atoms with Crippen LogP contribution in [0.2, 0.25) is 0 Å². The third-order valence-electron chi connectivity index (χ3n) is 3.80. The molecular weight excluding hydrogens is 267 g/mol. The van der Waals surface area contributed by atoms with Crippen molar-refractivity contribution < 1.29 is 9.18 Å². The minimum Gasteiger partial charge on any atom is -0.373 e. The number of carbonyl (C=O) groups is 1. The summed E-state index contributed by atoms with van der Waals surface area (Å²) in [6, 6.07) is 13.6. The van der Waals surface area contributed by atoms with Crippen LogP contribution in [0, 0.1) is 5.82 Å². The van der Waals surface area contributed by atoms with Crippen LogP contribution >= 0.6 is 0 Å². The summed E-state index contributed by atoms with van der Waals surface area (Å²) < 4.78 is 13.0. The Balaban J connectivity index is 1.99. The van der Waals surface area contributed by atoms with Gasteiger partial charge in [-0.1, -0.05) is 12.1 Å². The predicted octanol–water partition coefficient (Wildman–Crippen LogP) is 3.31. The molecule has 1 amide bonds. The van der Waals surface area contributed by atoms with Gasteiger partial charge < -0.3 is 9.80 Å². The molecule has 0 fully saturated rings. The van der Waals surface area contributed by atoms with Crippen LogP contribution in [0.3, 0.4) is 0 Å². The molecular formula is C17H17FN2O. The molecule has 108 valence electrons. The van der Waals surface area contributed by atoms with Gasteiger partial charge in [-0.2, -0.15) is 0 Å². The largest absolute Gasteiger partial charge is 0.373 e. The first-order valence-electron chi connectivity index (χ1n) is 7.04. The third kappa shape index (κ3) is 2.61. The molecule has 2 aromatic rings. The van der Waals surface area contributed by atoms with Crippen LogP contribution in [0.4, 0.5) is 15.8 Å². The molecule has 1 heterocycles. The molecule has 0 spiro atoms. The Morgan fingerprint density at radius 3 is 2.38 bits per heavy atom. The molecule has 0 saturated carbocycles. The molecule has 1 aliphatic heterocycles. The zero-order chi connectivity index (χ0) is 14.8. The molecule has 0 aromatic heterocycles. The standard InChI is InChI=1S/C17H17FN2O/c1-19-11-4-12-20(16-6-3-2-5-15(16)19)17(21)13-7-9-14(18)10-8-13/h2-3,5-10H,4,11-12H2,1H3. The van der Waals surface area contributed by atoms with Crippen molar-refractivity contribution in [1.29, 1.82) is 0 Å². The van der Waals surface area contributed by atoms with Crippen molar-refractivity contribution in [2.24, 2.45) is 0 Å². The van der Waals surface area contributed by atoms with E-state index in [4.69, 9.17) is 0 Å². The Labute approximate surface area is 123 Å². The normalized spacial score (nSPS) is 14.6. The van der Waals surface area contributed by atoms with Gasteiger partial charge in [0.05, 0.1) is 11.4 Å². The fraction of sp³-hybridized carbons (Fsp3) is 0.235. The molecule has 0 N–H and O–H groups in total. The molecule has 2 aromatic carbocycles. The van der Waals surface area contributed by atoms with E-state index < -0.39 is 0 Å². The first-order chi connectivity index (χ1) is 10.2. The number of amides is 1. The number of hydrogen-bond donors (Lipinski definition) is 0. The van der Waals surface area contributed by atoms with Gasteiger partial charge >= 0.3 is 0 Å². The molecule has 0 bridgehead atoms. The predicted molar refractivity (Wildman–Crippen MR) is 82.4 cm³/mol. The zero-order valence-electron chi connectivity index (χ0n) is 11.9. The third-order valence-corrected chi connectivity index (χ3v) is 3.80. The molecule has 3 rings (SSSR count). The van der Waals surface area contributed by atoms with Gasteiger partial charge in [0.25, 0.3) is 5.91 Å². The van der Waals surface area contributed by atoms with Crippen molar-refractivity contribution in [3.05, 3.63) is 59.9 Å². The topological polar surface area (TPSA) is 23.6 Å². The zero-order valence-corrected chi connectivity index (χ0v) is 11.9. The van der Waals surface area contributed by atoms with Crippen LogP contribution in [-0.4, -0.2) is 26.0 Å². The first-order valence-corrected chi connectivity index (χ1v) is 7.04. The summed E-state index contributed by atoms with van der Waals surface area (Å²) >= 11 is 0. The summed E-state index contributed by atoms with van der Waals surface area (Å²) in [6.07, 6.45) is 0.901. The highest BCUT2D eigenvalue weighted by Crippen LogP contribution is 2.32. The van der Waals surface area contributed by atoms with Gasteiger partial charge in [-0.05, 0) is 42.8 Å². The second kappa shape index (κ2) is 5.56. The van der Waals surface area contributed by atoms with E-state index in [1.54, 1.807) is 4.90 Å². The van der Waals surface area contributed by atoms with E-state index in [0.717, 1.165) is 24.3 Å². The van der Waals surface area contributed by atoms with Crippen LogP contribution in [0.15, 0.2) is 48.5 Å². The maximum absolute atomic E-state index is 13.0. The lowest BCUT2D eigenvalue weighted by molar-refractivity contribution is 0.0987. The van der Waals surface area contributed by atoms with Crippen molar-refractivity contribution in [2.45, 2.75) is 6.42 Å². The van der Waals surface area contributed by atoms with Crippen molar-refractivity contribution in [3.8, 4) is 0 Å². The summed E-state index contributed by atoms with van der Waals surface area (Å²) in [4.78, 5) is 16.7. The number of anilines is 2. The Hall–Kier alpha value is -2.36. The van der Waals surface area contributed by atoms with E-state index in [9.17, 15) is 9.18 Å². The molecule has 0 atom stereocenters. The van der Waals surface area contributed by atoms with Gasteiger partial charge in [0.2, 0.25) is 0 Å². The van der Waals surface area contributed by atoms with Crippen LogP contribution in [-0.2, 0) is 0 Å². The molecule has 4 heteroatoms. The number of rotatable bonds is 1. The quantitative estimate of drug-likeness (QED) is 0.802. The molecule has 0 saturated heterocycles. The number of fused-ring (bicyclic) bond motifs is 1. The number of para-hydroxylation sites is 2. The average Bonchev–Trinajstić information content (AvgIpc) is 2.67. The average molecular weight is 284 g/mol. The summed E-state index contributed by atoms with van der Waals surface area (Å²) in [5.41, 5.74) is 2.47. The molecule has 1 aliphatic rings. The minimum atomic E-state index is -0.331. The highest BCUT2D eigenvalue weighted by Gasteiger charge is 2.23. The monoisotopic (exact) mass is 284 g/mol. The minimum absolute atomic E-state index is 0.0854. The van der Waals surface area contributed by atoms with Crippen LogP contribution in [0.1, 0.15) is 16.8 Å². The Morgan fingerprint density at radius 2 is 1.67 bits per heavy atom. The fourth-order valence-electron chi connectivity index (χ4n) is 2.68. The smallest absolute Gasteiger partial charge is 0.258 e.